The van der Waals surface area contributed by atoms with Crippen LogP contribution in [0.5, 0.6) is 0 Å². The van der Waals surface area contributed by atoms with E-state index in [0.29, 0.717) is 0 Å². The van der Waals surface area contributed by atoms with Gasteiger partial charge in [0.2, 0.25) is 0 Å². The molecule has 0 atom stereocenters. The molecule has 0 aromatic rings. The van der Waals surface area contributed by atoms with Gasteiger partial charge in [-0.05, 0) is 25.7 Å². The zero-order valence-corrected chi connectivity index (χ0v) is 17.6. The van der Waals surface area contributed by atoms with E-state index in [1.54, 1.807) is 0 Å². The van der Waals surface area contributed by atoms with E-state index in [1.807, 2.05) is 0 Å². The van der Waals surface area contributed by atoms with Crippen molar-refractivity contribution < 1.29 is 9.19 Å². The molecule has 0 amide bonds. The molecular weight excluding hydrogens is 297 g/mol. The number of unbranched alkanes of at least 4 members (excludes halogenated alkanes) is 14. The van der Waals surface area contributed by atoms with Gasteiger partial charge < -0.3 is 9.19 Å². The van der Waals surface area contributed by atoms with E-state index in [0.717, 1.165) is 0 Å². The Hall–Kier alpha value is -0.110. The normalized spacial score (nSPS) is 11.5. The van der Waals surface area contributed by atoms with Crippen molar-refractivity contribution in [2.24, 2.45) is 0 Å². The van der Waals surface area contributed by atoms with Crippen LogP contribution in [0.3, 0.4) is 0 Å². The Balaban J connectivity index is 0. The van der Waals surface area contributed by atoms with Gasteiger partial charge >= 0.3 is 0 Å². The summed E-state index contributed by atoms with van der Waals surface area (Å²) in [4.78, 5) is 0. The van der Waals surface area contributed by atoms with Crippen molar-refractivity contribution in [2.45, 2.75) is 117 Å². The fourth-order valence-electron chi connectivity index (χ4n) is 3.46. The third kappa shape index (κ3) is 19.9. The molecule has 0 saturated heterocycles. The molecule has 0 rings (SSSR count). The molecule has 0 aromatic heterocycles. The van der Waals surface area contributed by atoms with Crippen molar-refractivity contribution >= 4 is 0 Å². The van der Waals surface area contributed by atoms with Gasteiger partial charge in [0, 0.05) is 0 Å². The van der Waals surface area contributed by atoms with Crippen molar-refractivity contribution in [1.29, 1.82) is 0 Å². The van der Waals surface area contributed by atoms with E-state index in [-0.39, 0.29) is 4.70 Å². The fraction of sp³-hybridized carbons (Fsp3) is 1.00. The molecule has 2 heteroatoms. The summed E-state index contributed by atoms with van der Waals surface area (Å²) >= 11 is 0. The van der Waals surface area contributed by atoms with Gasteiger partial charge in [-0.15, -0.1) is 0 Å². The number of hydrogen-bond donors (Lipinski definition) is 0. The first-order valence-electron chi connectivity index (χ1n) is 10.9. The highest BCUT2D eigenvalue weighted by Gasteiger charge is 2.13. The Kier molecular flexibility index (Phi) is 20.9. The lowest BCUT2D eigenvalue weighted by Gasteiger charge is -2.30. The van der Waals surface area contributed by atoms with Gasteiger partial charge in [0.1, 0.15) is 0 Å². The van der Waals surface area contributed by atoms with Crippen LogP contribution in [0.15, 0.2) is 0 Å². The molecule has 1 nitrogen and oxygen atoms in total. The number of hydrogen-bond acceptors (Lipinski definition) is 0. The van der Waals surface area contributed by atoms with Crippen molar-refractivity contribution in [1.82, 2.24) is 0 Å². The molecule has 0 aliphatic rings. The highest BCUT2D eigenvalue weighted by atomic mass is 19.0. The molecular formula is C22H48FN. The smallest absolute Gasteiger partial charge is 0.0782 e. The predicted molar refractivity (Wildman–Crippen MR) is 107 cm³/mol. The van der Waals surface area contributed by atoms with Crippen LogP contribution >= 0.6 is 0 Å². The average molecular weight is 346 g/mol. The largest absolute Gasteiger partial charge is 1.00 e. The molecule has 0 heterocycles. The molecule has 0 aliphatic heterocycles. The second-order valence-corrected chi connectivity index (χ2v) is 8.33. The molecule has 0 N–H and O–H groups in total. The molecule has 0 aliphatic carbocycles. The maximum Gasteiger partial charge on any atom is 0.0782 e. The lowest BCUT2D eigenvalue weighted by molar-refractivity contribution is -0.890. The molecule has 0 radical (unpaired) electrons. The number of nitrogens with zero attached hydrogens (tertiary/aromatic N) is 1. The maximum absolute atomic E-state index is 2.43. The van der Waals surface area contributed by atoms with Crippen LogP contribution in [-0.4, -0.2) is 31.7 Å². The van der Waals surface area contributed by atoms with Crippen molar-refractivity contribution in [3.05, 3.63) is 0 Å². The number of quaternary nitrogens is 1. The van der Waals surface area contributed by atoms with Crippen LogP contribution in [-0.2, 0) is 0 Å². The van der Waals surface area contributed by atoms with Crippen LogP contribution in [0, 0.1) is 0 Å². The third-order valence-corrected chi connectivity index (χ3v) is 5.23. The molecule has 148 valence electrons. The van der Waals surface area contributed by atoms with Gasteiger partial charge in [-0.3, -0.25) is 0 Å². The minimum absolute atomic E-state index is 0. The average Bonchev–Trinajstić information content (AvgIpc) is 2.52. The molecule has 0 fully saturated rings. The number of rotatable bonds is 18. The monoisotopic (exact) mass is 345 g/mol. The lowest BCUT2D eigenvalue weighted by Crippen LogP contribution is -3.00. The standard InChI is InChI=1S/C22H48N.FH/c1-5-7-9-11-13-15-17-19-21-23(3,4)22-20-18-16-14-12-10-8-6-2;/h5-22H2,1-4H3;1H/q+1;/p-1. The molecule has 0 bridgehead atoms. The minimum atomic E-state index is 0. The van der Waals surface area contributed by atoms with E-state index in [1.165, 1.54) is 120 Å². The zero-order valence-electron chi connectivity index (χ0n) is 17.6. The molecule has 0 unspecified atom stereocenters. The predicted octanol–water partition coefficient (Wildman–Crippen LogP) is 4.35. The van der Waals surface area contributed by atoms with E-state index >= 15 is 0 Å². The van der Waals surface area contributed by atoms with Crippen molar-refractivity contribution in [3.63, 3.8) is 0 Å². The van der Waals surface area contributed by atoms with Gasteiger partial charge in [0.15, 0.2) is 0 Å². The quantitative estimate of drug-likeness (QED) is 0.256. The summed E-state index contributed by atoms with van der Waals surface area (Å²) in [6.45, 7) is 7.36. The summed E-state index contributed by atoms with van der Waals surface area (Å²) < 4.78 is 1.24. The Morgan fingerprint density at radius 2 is 0.667 bits per heavy atom. The lowest BCUT2D eigenvalue weighted by atomic mass is 10.1. The van der Waals surface area contributed by atoms with Crippen molar-refractivity contribution in [3.8, 4) is 0 Å². The first-order chi connectivity index (χ1) is 11.1. The zero-order chi connectivity index (χ0) is 17.2. The third-order valence-electron chi connectivity index (χ3n) is 5.23. The second-order valence-electron chi connectivity index (χ2n) is 8.33. The summed E-state index contributed by atoms with van der Waals surface area (Å²) in [6, 6.07) is 0. The van der Waals surface area contributed by atoms with Gasteiger partial charge in [0.25, 0.3) is 0 Å². The van der Waals surface area contributed by atoms with Gasteiger partial charge in [-0.25, -0.2) is 0 Å². The molecule has 0 saturated carbocycles. The van der Waals surface area contributed by atoms with E-state index < -0.39 is 0 Å². The maximum atomic E-state index is 2.43. The topological polar surface area (TPSA) is 0 Å². The first-order valence-corrected chi connectivity index (χ1v) is 10.9. The van der Waals surface area contributed by atoms with Crippen LogP contribution in [0.2, 0.25) is 0 Å². The van der Waals surface area contributed by atoms with E-state index in [4.69, 9.17) is 0 Å². The summed E-state index contributed by atoms with van der Waals surface area (Å²) in [7, 11) is 4.87. The van der Waals surface area contributed by atoms with Crippen molar-refractivity contribution in [2.75, 3.05) is 27.2 Å². The Morgan fingerprint density at radius 3 is 0.958 bits per heavy atom. The summed E-state index contributed by atoms with van der Waals surface area (Å²) in [5.41, 5.74) is 0. The summed E-state index contributed by atoms with van der Waals surface area (Å²) in [6.07, 6.45) is 23.0. The van der Waals surface area contributed by atoms with Crippen LogP contribution < -0.4 is 4.70 Å². The van der Waals surface area contributed by atoms with E-state index in [9.17, 15) is 0 Å². The highest BCUT2D eigenvalue weighted by Crippen LogP contribution is 2.13. The Bertz CT molecular complexity index is 206. The van der Waals surface area contributed by atoms with Crippen LogP contribution in [0.1, 0.15) is 117 Å². The van der Waals surface area contributed by atoms with Gasteiger partial charge in [-0.2, -0.15) is 0 Å². The first kappa shape index (κ1) is 26.1. The number of halogens is 1. The highest BCUT2D eigenvalue weighted by molar-refractivity contribution is 4.48. The van der Waals surface area contributed by atoms with Crippen LogP contribution in [0.25, 0.3) is 0 Å². The van der Waals surface area contributed by atoms with Crippen LogP contribution in [0.4, 0.5) is 0 Å². The Labute approximate surface area is 153 Å². The fourth-order valence-corrected chi connectivity index (χ4v) is 3.46. The molecule has 0 spiro atoms. The SMILES string of the molecule is CCCCCCCCCC[N+](C)(C)CCCCCCCCCC.[F-]. The molecule has 0 aromatic carbocycles. The summed E-state index contributed by atoms with van der Waals surface area (Å²) in [5.74, 6) is 0. The summed E-state index contributed by atoms with van der Waals surface area (Å²) in [5, 5.41) is 0. The van der Waals surface area contributed by atoms with E-state index in [2.05, 4.69) is 27.9 Å². The minimum Gasteiger partial charge on any atom is -1.00 e. The Morgan fingerprint density at radius 1 is 0.417 bits per heavy atom. The van der Waals surface area contributed by atoms with Gasteiger partial charge in [-0.1, -0.05) is 90.9 Å². The second kappa shape index (κ2) is 19.2. The molecule has 24 heavy (non-hydrogen) atoms. The van der Waals surface area contributed by atoms with Gasteiger partial charge in [0.05, 0.1) is 27.2 Å².